The smallest absolute Gasteiger partial charge is 0.303 e. The number of nitrogens with zero attached hydrogens (tertiary/aromatic N) is 1. The van der Waals surface area contributed by atoms with E-state index in [2.05, 4.69) is 6.58 Å². The van der Waals surface area contributed by atoms with Gasteiger partial charge < -0.3 is 10.0 Å². The van der Waals surface area contributed by atoms with Crippen molar-refractivity contribution >= 4 is 11.9 Å². The van der Waals surface area contributed by atoms with Crippen LogP contribution in [-0.4, -0.2) is 34.0 Å². The van der Waals surface area contributed by atoms with Crippen molar-refractivity contribution in [3.05, 3.63) is 12.2 Å². The predicted molar refractivity (Wildman–Crippen MR) is 58.9 cm³/mol. The molecule has 4 nitrogen and oxygen atoms in total. The maximum atomic E-state index is 11.9. The summed E-state index contributed by atoms with van der Waals surface area (Å²) < 4.78 is 0. The number of hydrogen-bond acceptors (Lipinski definition) is 2. The quantitative estimate of drug-likeness (QED) is 0.739. The zero-order valence-corrected chi connectivity index (χ0v) is 9.32. The van der Waals surface area contributed by atoms with Gasteiger partial charge in [-0.05, 0) is 25.7 Å². The molecule has 0 aromatic rings. The fraction of sp³-hybridized carbons (Fsp3) is 0.667. The van der Waals surface area contributed by atoms with Crippen LogP contribution in [0, 0.1) is 0 Å². The Kier molecular flexibility index (Phi) is 2.99. The molecular weight excluding hydrogens is 206 g/mol. The van der Waals surface area contributed by atoms with E-state index in [1.54, 1.807) is 0 Å². The summed E-state index contributed by atoms with van der Waals surface area (Å²) in [7, 11) is 0. The van der Waals surface area contributed by atoms with Crippen molar-refractivity contribution in [3.63, 3.8) is 0 Å². The maximum Gasteiger partial charge on any atom is 0.303 e. The average Bonchev–Trinajstić information content (AvgIpc) is 2.48. The molecule has 1 amide bonds. The number of carbonyl (C=O) groups is 2. The van der Waals surface area contributed by atoms with Crippen molar-refractivity contribution in [1.82, 2.24) is 4.90 Å². The number of fused-ring (bicyclic) bond motifs is 2. The molecule has 2 aliphatic heterocycles. The third-order valence-corrected chi connectivity index (χ3v) is 3.51. The van der Waals surface area contributed by atoms with Crippen LogP contribution in [-0.2, 0) is 9.59 Å². The third kappa shape index (κ3) is 2.10. The number of piperidine rings is 1. The molecule has 2 atom stereocenters. The van der Waals surface area contributed by atoms with E-state index in [-0.39, 0.29) is 30.8 Å². The lowest BCUT2D eigenvalue weighted by Crippen LogP contribution is -2.44. The minimum Gasteiger partial charge on any atom is -0.481 e. The molecule has 0 aromatic carbocycles. The highest BCUT2D eigenvalue weighted by molar-refractivity contribution is 5.81. The second kappa shape index (κ2) is 4.28. The predicted octanol–water partition coefficient (Wildman–Crippen LogP) is 1.56. The number of amides is 1. The van der Waals surface area contributed by atoms with Crippen molar-refractivity contribution in [3.8, 4) is 0 Å². The number of hydrogen-bond donors (Lipinski definition) is 1. The van der Waals surface area contributed by atoms with E-state index in [0.29, 0.717) is 0 Å². The van der Waals surface area contributed by atoms with Crippen LogP contribution in [0.4, 0.5) is 0 Å². The molecule has 2 fully saturated rings. The molecule has 4 heteroatoms. The molecular formula is C12H17NO3. The summed E-state index contributed by atoms with van der Waals surface area (Å²) in [6.07, 6.45) is 3.96. The zero-order valence-electron chi connectivity index (χ0n) is 9.32. The van der Waals surface area contributed by atoms with Crippen LogP contribution in [0.1, 0.15) is 38.5 Å². The highest BCUT2D eigenvalue weighted by Gasteiger charge is 2.40. The molecule has 1 N–H and O–H groups in total. The zero-order chi connectivity index (χ0) is 11.7. The van der Waals surface area contributed by atoms with Crippen LogP contribution in [0.2, 0.25) is 0 Å². The first-order chi connectivity index (χ1) is 7.58. The second-order valence-corrected chi connectivity index (χ2v) is 4.74. The number of aliphatic carboxylic acids is 1. The second-order valence-electron chi connectivity index (χ2n) is 4.74. The number of carboxylic acids is 1. The summed E-state index contributed by atoms with van der Waals surface area (Å²) in [4.78, 5) is 24.2. The Morgan fingerprint density at radius 1 is 1.25 bits per heavy atom. The summed E-state index contributed by atoms with van der Waals surface area (Å²) in [6.45, 7) is 3.99. The van der Waals surface area contributed by atoms with E-state index in [1.807, 2.05) is 4.90 Å². The van der Waals surface area contributed by atoms with Crippen LogP contribution in [0.15, 0.2) is 12.2 Å². The first-order valence-corrected chi connectivity index (χ1v) is 5.77. The summed E-state index contributed by atoms with van der Waals surface area (Å²) in [6, 6.07) is 0.570. The van der Waals surface area contributed by atoms with Gasteiger partial charge in [-0.1, -0.05) is 12.2 Å². The molecule has 2 heterocycles. The molecule has 0 aromatic heterocycles. The topological polar surface area (TPSA) is 57.6 Å². The normalized spacial score (nSPS) is 28.2. The summed E-state index contributed by atoms with van der Waals surface area (Å²) in [5.41, 5.74) is 1.23. The van der Waals surface area contributed by atoms with Gasteiger partial charge in [0.05, 0.1) is 6.42 Å². The molecule has 0 radical (unpaired) electrons. The van der Waals surface area contributed by atoms with Crippen molar-refractivity contribution in [1.29, 1.82) is 0 Å². The van der Waals surface area contributed by atoms with Crippen LogP contribution in [0.5, 0.6) is 0 Å². The molecule has 0 aliphatic carbocycles. The number of rotatable bonds is 3. The van der Waals surface area contributed by atoms with E-state index in [4.69, 9.17) is 5.11 Å². The maximum absolute atomic E-state index is 11.9. The molecule has 0 spiro atoms. The van der Waals surface area contributed by atoms with Crippen LogP contribution < -0.4 is 0 Å². The van der Waals surface area contributed by atoms with Gasteiger partial charge in [-0.25, -0.2) is 0 Å². The van der Waals surface area contributed by atoms with Gasteiger partial charge in [0, 0.05) is 18.5 Å². The molecule has 0 saturated carbocycles. The molecule has 2 rings (SSSR count). The molecule has 16 heavy (non-hydrogen) atoms. The van der Waals surface area contributed by atoms with Crippen LogP contribution in [0.3, 0.4) is 0 Å². The van der Waals surface area contributed by atoms with Crippen molar-refractivity contribution in [2.45, 2.75) is 50.6 Å². The lowest BCUT2D eigenvalue weighted by molar-refractivity contribution is -0.142. The highest BCUT2D eigenvalue weighted by atomic mass is 16.4. The Labute approximate surface area is 94.9 Å². The molecule has 88 valence electrons. The Bertz CT molecular complexity index is 321. The summed E-state index contributed by atoms with van der Waals surface area (Å²) >= 11 is 0. The molecule has 2 unspecified atom stereocenters. The van der Waals surface area contributed by atoms with Gasteiger partial charge in [-0.3, -0.25) is 9.59 Å². The van der Waals surface area contributed by atoms with Crippen LogP contribution in [0.25, 0.3) is 0 Å². The van der Waals surface area contributed by atoms with Gasteiger partial charge in [0.25, 0.3) is 0 Å². The molecule has 2 aliphatic rings. The van der Waals surface area contributed by atoms with Gasteiger partial charge in [0.2, 0.25) is 5.91 Å². The Balaban J connectivity index is 1.97. The number of carboxylic acid groups (broad SMARTS) is 1. The molecule has 2 bridgehead atoms. The summed E-state index contributed by atoms with van der Waals surface area (Å²) in [5.74, 6) is -0.899. The van der Waals surface area contributed by atoms with Gasteiger partial charge in [0.15, 0.2) is 0 Å². The fourth-order valence-corrected chi connectivity index (χ4v) is 2.86. The minimum absolute atomic E-state index is 0.00222. The standard InChI is InChI=1S/C12H17NO3/c1-8-6-9-2-3-10(7-8)13(9)11(14)4-5-12(15)16/h9-10H,1-7H2,(H,15,16). The fourth-order valence-electron chi connectivity index (χ4n) is 2.86. The SMILES string of the molecule is C=C1CC2CCC(C1)N2C(=O)CCC(=O)O. The first kappa shape index (κ1) is 11.2. The van der Waals surface area contributed by atoms with Gasteiger partial charge >= 0.3 is 5.97 Å². The molecule has 2 saturated heterocycles. The Hall–Kier alpha value is -1.32. The Morgan fingerprint density at radius 2 is 1.81 bits per heavy atom. The summed E-state index contributed by atoms with van der Waals surface area (Å²) in [5, 5.41) is 8.57. The monoisotopic (exact) mass is 223 g/mol. The highest BCUT2D eigenvalue weighted by Crippen LogP contribution is 2.38. The largest absolute Gasteiger partial charge is 0.481 e. The van der Waals surface area contributed by atoms with Crippen molar-refractivity contribution in [2.75, 3.05) is 0 Å². The van der Waals surface area contributed by atoms with Gasteiger partial charge in [0.1, 0.15) is 0 Å². The van der Waals surface area contributed by atoms with E-state index in [0.717, 1.165) is 25.7 Å². The lowest BCUT2D eigenvalue weighted by atomic mass is 9.97. The third-order valence-electron chi connectivity index (χ3n) is 3.51. The lowest BCUT2D eigenvalue weighted by Gasteiger charge is -2.36. The van der Waals surface area contributed by atoms with E-state index < -0.39 is 5.97 Å². The van der Waals surface area contributed by atoms with Crippen molar-refractivity contribution < 1.29 is 14.7 Å². The average molecular weight is 223 g/mol. The number of carbonyl (C=O) groups excluding carboxylic acids is 1. The van der Waals surface area contributed by atoms with E-state index in [9.17, 15) is 9.59 Å². The van der Waals surface area contributed by atoms with Crippen LogP contribution >= 0.6 is 0 Å². The minimum atomic E-state index is -0.901. The van der Waals surface area contributed by atoms with Gasteiger partial charge in [-0.15, -0.1) is 0 Å². The van der Waals surface area contributed by atoms with Gasteiger partial charge in [-0.2, -0.15) is 0 Å². The Morgan fingerprint density at radius 3 is 2.31 bits per heavy atom. The van der Waals surface area contributed by atoms with Crippen molar-refractivity contribution in [2.24, 2.45) is 0 Å². The first-order valence-electron chi connectivity index (χ1n) is 5.77. The van der Waals surface area contributed by atoms with E-state index >= 15 is 0 Å². The van der Waals surface area contributed by atoms with E-state index in [1.165, 1.54) is 5.57 Å².